The number of rotatable bonds is 2. The van der Waals surface area contributed by atoms with Crippen molar-refractivity contribution in [1.29, 1.82) is 0 Å². The van der Waals surface area contributed by atoms with E-state index in [9.17, 15) is 4.39 Å². The van der Waals surface area contributed by atoms with Crippen molar-refractivity contribution < 1.29 is 9.13 Å². The summed E-state index contributed by atoms with van der Waals surface area (Å²) in [4.78, 5) is 0. The van der Waals surface area contributed by atoms with Gasteiger partial charge in [0.15, 0.2) is 0 Å². The SMILES string of the molecule is Cc1ccc(F)c([C@@H](N)C2CCOCC2)c1Cl. The normalized spacial score (nSPS) is 19.3. The minimum Gasteiger partial charge on any atom is -0.381 e. The summed E-state index contributed by atoms with van der Waals surface area (Å²) in [7, 11) is 0. The summed E-state index contributed by atoms with van der Waals surface area (Å²) in [6, 6.07) is 2.78. The van der Waals surface area contributed by atoms with Crippen molar-refractivity contribution in [3.63, 3.8) is 0 Å². The van der Waals surface area contributed by atoms with Crippen molar-refractivity contribution in [1.82, 2.24) is 0 Å². The Balaban J connectivity index is 2.29. The summed E-state index contributed by atoms with van der Waals surface area (Å²) in [5.41, 5.74) is 7.48. The van der Waals surface area contributed by atoms with Crippen LogP contribution in [-0.2, 0) is 4.74 Å². The highest BCUT2D eigenvalue weighted by Crippen LogP contribution is 2.35. The first-order valence-electron chi connectivity index (χ1n) is 5.89. The van der Waals surface area contributed by atoms with Crippen LogP contribution in [0.3, 0.4) is 0 Å². The van der Waals surface area contributed by atoms with Crippen LogP contribution in [0, 0.1) is 18.7 Å². The number of ether oxygens (including phenoxy) is 1. The van der Waals surface area contributed by atoms with Crippen molar-refractivity contribution in [2.45, 2.75) is 25.8 Å². The van der Waals surface area contributed by atoms with Gasteiger partial charge in [-0.3, -0.25) is 0 Å². The molecule has 1 atom stereocenters. The van der Waals surface area contributed by atoms with Gasteiger partial charge in [-0.2, -0.15) is 0 Å². The van der Waals surface area contributed by atoms with Gasteiger partial charge < -0.3 is 10.5 Å². The molecule has 0 aromatic heterocycles. The molecule has 4 heteroatoms. The molecule has 2 rings (SSSR count). The third-order valence-corrected chi connectivity index (χ3v) is 3.93. The lowest BCUT2D eigenvalue weighted by Crippen LogP contribution is -2.28. The molecule has 1 saturated heterocycles. The quantitative estimate of drug-likeness (QED) is 0.883. The Labute approximate surface area is 106 Å². The average Bonchev–Trinajstić information content (AvgIpc) is 2.35. The smallest absolute Gasteiger partial charge is 0.129 e. The van der Waals surface area contributed by atoms with E-state index >= 15 is 0 Å². The van der Waals surface area contributed by atoms with Crippen LogP contribution in [0.15, 0.2) is 12.1 Å². The molecule has 1 aromatic rings. The summed E-state index contributed by atoms with van der Waals surface area (Å²) >= 11 is 6.16. The van der Waals surface area contributed by atoms with E-state index in [0.717, 1.165) is 18.4 Å². The highest BCUT2D eigenvalue weighted by Gasteiger charge is 2.26. The van der Waals surface area contributed by atoms with Gasteiger partial charge in [0.25, 0.3) is 0 Å². The molecule has 0 bridgehead atoms. The Hall–Kier alpha value is -0.640. The van der Waals surface area contributed by atoms with E-state index in [1.54, 1.807) is 6.07 Å². The van der Waals surface area contributed by atoms with Crippen molar-refractivity contribution >= 4 is 11.6 Å². The number of halogens is 2. The van der Waals surface area contributed by atoms with Gasteiger partial charge >= 0.3 is 0 Å². The summed E-state index contributed by atoms with van der Waals surface area (Å²) in [6.45, 7) is 3.26. The molecular weight excluding hydrogens is 241 g/mol. The number of benzene rings is 1. The maximum Gasteiger partial charge on any atom is 0.129 e. The van der Waals surface area contributed by atoms with Crippen LogP contribution in [0.1, 0.15) is 30.0 Å². The standard InChI is InChI=1S/C13H17ClFNO/c1-8-2-3-10(15)11(12(8)14)13(16)9-4-6-17-7-5-9/h2-3,9,13H,4-7,16H2,1H3/t13-/m0/s1. The van der Waals surface area contributed by atoms with Crippen LogP contribution in [0.5, 0.6) is 0 Å². The third-order valence-electron chi connectivity index (χ3n) is 3.43. The molecule has 2 nitrogen and oxygen atoms in total. The van der Waals surface area contributed by atoms with Crippen LogP contribution in [0.2, 0.25) is 5.02 Å². The average molecular weight is 258 g/mol. The fraction of sp³-hybridized carbons (Fsp3) is 0.538. The van der Waals surface area contributed by atoms with Gasteiger partial charge in [0, 0.05) is 24.8 Å². The fourth-order valence-electron chi connectivity index (χ4n) is 2.29. The second-order valence-electron chi connectivity index (χ2n) is 4.57. The second-order valence-corrected chi connectivity index (χ2v) is 4.95. The van der Waals surface area contributed by atoms with Crippen LogP contribution in [-0.4, -0.2) is 13.2 Å². The number of nitrogens with two attached hydrogens (primary N) is 1. The Morgan fingerprint density at radius 1 is 1.41 bits per heavy atom. The monoisotopic (exact) mass is 257 g/mol. The lowest BCUT2D eigenvalue weighted by atomic mass is 9.87. The molecule has 1 heterocycles. The Morgan fingerprint density at radius 3 is 2.71 bits per heavy atom. The van der Waals surface area contributed by atoms with Gasteiger partial charge in [-0.15, -0.1) is 0 Å². The van der Waals surface area contributed by atoms with Gasteiger partial charge in [0.1, 0.15) is 5.82 Å². The molecule has 0 saturated carbocycles. The molecule has 0 aliphatic carbocycles. The van der Waals surface area contributed by atoms with E-state index in [4.69, 9.17) is 22.1 Å². The first kappa shape index (κ1) is 12.8. The molecule has 2 N–H and O–H groups in total. The molecule has 1 fully saturated rings. The van der Waals surface area contributed by atoms with Crippen LogP contribution in [0.25, 0.3) is 0 Å². The summed E-state index contributed by atoms with van der Waals surface area (Å²) in [5, 5.41) is 0.462. The van der Waals surface area contributed by atoms with Crippen molar-refractivity contribution in [2.75, 3.05) is 13.2 Å². The predicted molar refractivity (Wildman–Crippen MR) is 66.6 cm³/mol. The highest BCUT2D eigenvalue weighted by atomic mass is 35.5. The van der Waals surface area contributed by atoms with Gasteiger partial charge in [0.05, 0.1) is 5.02 Å². The van der Waals surface area contributed by atoms with Gasteiger partial charge in [-0.1, -0.05) is 17.7 Å². The molecule has 1 aromatic carbocycles. The van der Waals surface area contributed by atoms with E-state index in [-0.39, 0.29) is 17.8 Å². The van der Waals surface area contributed by atoms with Crippen molar-refractivity contribution in [3.05, 3.63) is 34.1 Å². The molecular formula is C13H17ClFNO. The molecule has 0 spiro atoms. The Morgan fingerprint density at radius 2 is 2.06 bits per heavy atom. The first-order valence-corrected chi connectivity index (χ1v) is 6.27. The van der Waals surface area contributed by atoms with Gasteiger partial charge in [-0.05, 0) is 37.3 Å². The van der Waals surface area contributed by atoms with E-state index in [1.165, 1.54) is 6.07 Å². The molecule has 0 radical (unpaired) electrons. The van der Waals surface area contributed by atoms with Gasteiger partial charge in [0.2, 0.25) is 0 Å². The first-order chi connectivity index (χ1) is 8.11. The molecule has 1 aliphatic heterocycles. The minimum atomic E-state index is -0.341. The minimum absolute atomic E-state index is 0.248. The van der Waals surface area contributed by atoms with Crippen LogP contribution < -0.4 is 5.73 Å². The summed E-state index contributed by atoms with van der Waals surface area (Å²) in [6.07, 6.45) is 1.73. The van der Waals surface area contributed by atoms with Crippen molar-refractivity contribution in [3.8, 4) is 0 Å². The number of hydrogen-bond donors (Lipinski definition) is 1. The summed E-state index contributed by atoms with van der Waals surface area (Å²) < 4.78 is 19.1. The topological polar surface area (TPSA) is 35.2 Å². The lowest BCUT2D eigenvalue weighted by Gasteiger charge is -2.28. The molecule has 17 heavy (non-hydrogen) atoms. The molecule has 0 unspecified atom stereocenters. The number of hydrogen-bond acceptors (Lipinski definition) is 2. The van der Waals surface area contributed by atoms with Crippen LogP contribution >= 0.6 is 11.6 Å². The Kier molecular flexibility index (Phi) is 4.02. The maximum absolute atomic E-state index is 13.8. The maximum atomic E-state index is 13.8. The highest BCUT2D eigenvalue weighted by molar-refractivity contribution is 6.32. The van der Waals surface area contributed by atoms with Crippen LogP contribution in [0.4, 0.5) is 4.39 Å². The number of aryl methyl sites for hydroxylation is 1. The van der Waals surface area contributed by atoms with E-state index in [1.807, 2.05) is 6.92 Å². The van der Waals surface area contributed by atoms with Crippen molar-refractivity contribution in [2.24, 2.45) is 11.7 Å². The fourth-order valence-corrected chi connectivity index (χ4v) is 2.57. The molecule has 0 amide bonds. The van der Waals surface area contributed by atoms with E-state index in [0.29, 0.717) is 23.8 Å². The zero-order chi connectivity index (χ0) is 12.4. The second kappa shape index (κ2) is 5.34. The molecule has 1 aliphatic rings. The zero-order valence-electron chi connectivity index (χ0n) is 9.88. The third kappa shape index (κ3) is 2.62. The Bertz CT molecular complexity index is 405. The van der Waals surface area contributed by atoms with E-state index < -0.39 is 0 Å². The van der Waals surface area contributed by atoms with E-state index in [2.05, 4.69) is 0 Å². The van der Waals surface area contributed by atoms with Gasteiger partial charge in [-0.25, -0.2) is 4.39 Å². The summed E-state index contributed by atoms with van der Waals surface area (Å²) in [5.74, 6) is -0.0582. The largest absolute Gasteiger partial charge is 0.381 e. The lowest BCUT2D eigenvalue weighted by molar-refractivity contribution is 0.0580. The predicted octanol–water partition coefficient (Wildman–Crippen LogP) is 3.21. The zero-order valence-corrected chi connectivity index (χ0v) is 10.6. The molecule has 94 valence electrons.